The number of carbonyl (C=O) groups is 1. The number of amides is 1. The second kappa shape index (κ2) is 7.15. The molecule has 1 amide bonds. The molecule has 3 rings (SSSR count). The Bertz CT molecular complexity index is 667. The van der Waals surface area contributed by atoms with E-state index in [1.807, 2.05) is 29.2 Å². The summed E-state index contributed by atoms with van der Waals surface area (Å²) in [6.45, 7) is 6.72. The number of nitrogens with one attached hydrogen (secondary N) is 1. The summed E-state index contributed by atoms with van der Waals surface area (Å²) < 4.78 is 0. The predicted molar refractivity (Wildman–Crippen MR) is 91.7 cm³/mol. The van der Waals surface area contributed by atoms with Gasteiger partial charge in [0, 0.05) is 30.2 Å². The number of aromatic amines is 1. The first-order valence-electron chi connectivity index (χ1n) is 8.00. The van der Waals surface area contributed by atoms with E-state index in [-0.39, 0.29) is 5.91 Å². The molecule has 0 bridgehead atoms. The van der Waals surface area contributed by atoms with Crippen LogP contribution in [0.5, 0.6) is 0 Å². The van der Waals surface area contributed by atoms with E-state index in [9.17, 15) is 4.79 Å². The van der Waals surface area contributed by atoms with Crippen molar-refractivity contribution in [2.45, 2.75) is 13.3 Å². The SMILES string of the molecule is CCN1CCCN(C(=O)c2cn[nH]c2-c2ccc(Cl)cc2)CC1. The van der Waals surface area contributed by atoms with Gasteiger partial charge in [0.05, 0.1) is 17.5 Å². The average molecular weight is 333 g/mol. The molecule has 2 heterocycles. The highest BCUT2D eigenvalue weighted by Gasteiger charge is 2.23. The molecule has 23 heavy (non-hydrogen) atoms. The van der Waals surface area contributed by atoms with Crippen LogP contribution in [-0.2, 0) is 0 Å². The Morgan fingerprint density at radius 2 is 2.00 bits per heavy atom. The molecule has 2 aromatic rings. The molecule has 0 aliphatic carbocycles. The average Bonchev–Trinajstić information content (AvgIpc) is 2.93. The molecule has 0 spiro atoms. The van der Waals surface area contributed by atoms with Gasteiger partial charge >= 0.3 is 0 Å². The molecule has 1 aliphatic heterocycles. The molecule has 1 fully saturated rings. The summed E-state index contributed by atoms with van der Waals surface area (Å²) in [5.74, 6) is 0.0432. The van der Waals surface area contributed by atoms with E-state index >= 15 is 0 Å². The second-order valence-electron chi connectivity index (χ2n) is 5.75. The number of hydrogen-bond acceptors (Lipinski definition) is 3. The molecular formula is C17H21ClN4O. The molecule has 0 radical (unpaired) electrons. The number of hydrogen-bond donors (Lipinski definition) is 1. The lowest BCUT2D eigenvalue weighted by atomic mass is 10.1. The van der Waals surface area contributed by atoms with Crippen LogP contribution >= 0.6 is 11.6 Å². The molecule has 122 valence electrons. The van der Waals surface area contributed by atoms with Crippen molar-refractivity contribution in [2.75, 3.05) is 32.7 Å². The van der Waals surface area contributed by atoms with E-state index in [4.69, 9.17) is 11.6 Å². The quantitative estimate of drug-likeness (QED) is 0.940. The number of H-pyrrole nitrogens is 1. The summed E-state index contributed by atoms with van der Waals surface area (Å²) in [5, 5.41) is 7.70. The molecule has 5 nitrogen and oxygen atoms in total. The lowest BCUT2D eigenvalue weighted by Crippen LogP contribution is -2.35. The molecule has 1 saturated heterocycles. The fourth-order valence-corrected chi connectivity index (χ4v) is 3.07. The zero-order valence-electron chi connectivity index (χ0n) is 13.3. The van der Waals surface area contributed by atoms with Crippen molar-refractivity contribution >= 4 is 17.5 Å². The van der Waals surface area contributed by atoms with Gasteiger partial charge in [0.25, 0.3) is 5.91 Å². The Kier molecular flexibility index (Phi) is 4.98. The number of carbonyl (C=O) groups excluding carboxylic acids is 1. The zero-order valence-corrected chi connectivity index (χ0v) is 14.0. The van der Waals surface area contributed by atoms with Gasteiger partial charge in [-0.1, -0.05) is 30.7 Å². The Balaban J connectivity index is 1.81. The van der Waals surface area contributed by atoms with Crippen LogP contribution < -0.4 is 0 Å². The highest BCUT2D eigenvalue weighted by molar-refractivity contribution is 6.30. The minimum absolute atomic E-state index is 0.0432. The minimum atomic E-state index is 0.0432. The maximum atomic E-state index is 12.9. The maximum Gasteiger partial charge on any atom is 0.257 e. The number of aromatic nitrogens is 2. The maximum absolute atomic E-state index is 12.9. The van der Waals surface area contributed by atoms with Crippen LogP contribution in [0.15, 0.2) is 30.5 Å². The summed E-state index contributed by atoms with van der Waals surface area (Å²) in [7, 11) is 0. The molecule has 1 N–H and O–H groups in total. The summed E-state index contributed by atoms with van der Waals surface area (Å²) in [5.41, 5.74) is 2.29. The van der Waals surface area contributed by atoms with E-state index in [0.29, 0.717) is 10.6 Å². The monoisotopic (exact) mass is 332 g/mol. The summed E-state index contributed by atoms with van der Waals surface area (Å²) in [6, 6.07) is 7.43. The normalized spacial score (nSPS) is 16.3. The van der Waals surface area contributed by atoms with Crippen LogP contribution in [0.1, 0.15) is 23.7 Å². The van der Waals surface area contributed by atoms with Crippen molar-refractivity contribution in [3.63, 3.8) is 0 Å². The number of rotatable bonds is 3. The third-order valence-electron chi connectivity index (χ3n) is 4.33. The number of benzene rings is 1. The van der Waals surface area contributed by atoms with Gasteiger partial charge in [0.1, 0.15) is 0 Å². The third-order valence-corrected chi connectivity index (χ3v) is 4.58. The van der Waals surface area contributed by atoms with Gasteiger partial charge in [0.2, 0.25) is 0 Å². The van der Waals surface area contributed by atoms with Crippen molar-refractivity contribution < 1.29 is 4.79 Å². The lowest BCUT2D eigenvalue weighted by Gasteiger charge is -2.21. The highest BCUT2D eigenvalue weighted by Crippen LogP contribution is 2.24. The summed E-state index contributed by atoms with van der Waals surface area (Å²) >= 11 is 5.94. The van der Waals surface area contributed by atoms with Gasteiger partial charge in [-0.25, -0.2) is 0 Å². The van der Waals surface area contributed by atoms with Crippen molar-refractivity contribution in [1.82, 2.24) is 20.0 Å². The Morgan fingerprint density at radius 1 is 1.22 bits per heavy atom. The van der Waals surface area contributed by atoms with E-state index < -0.39 is 0 Å². The lowest BCUT2D eigenvalue weighted by molar-refractivity contribution is 0.0762. The fourth-order valence-electron chi connectivity index (χ4n) is 2.95. The van der Waals surface area contributed by atoms with Crippen LogP contribution in [0.25, 0.3) is 11.3 Å². The Labute approximate surface area is 141 Å². The molecule has 1 aromatic heterocycles. The van der Waals surface area contributed by atoms with Crippen molar-refractivity contribution in [3.05, 3.63) is 41.0 Å². The molecule has 0 unspecified atom stereocenters. The van der Waals surface area contributed by atoms with E-state index in [2.05, 4.69) is 22.0 Å². The first-order chi connectivity index (χ1) is 11.2. The molecule has 0 atom stereocenters. The topological polar surface area (TPSA) is 52.2 Å². The Hall–Kier alpha value is -1.85. The van der Waals surface area contributed by atoms with Crippen LogP contribution in [-0.4, -0.2) is 58.6 Å². The summed E-state index contributed by atoms with van der Waals surface area (Å²) in [4.78, 5) is 17.2. The number of likely N-dealkylation sites (N-methyl/N-ethyl adjacent to an activating group) is 1. The summed E-state index contributed by atoms with van der Waals surface area (Å²) in [6.07, 6.45) is 2.63. The molecule has 1 aliphatic rings. The van der Waals surface area contributed by atoms with Crippen LogP contribution in [0.3, 0.4) is 0 Å². The van der Waals surface area contributed by atoms with Gasteiger partial charge in [0.15, 0.2) is 0 Å². The largest absolute Gasteiger partial charge is 0.337 e. The number of halogens is 1. The number of nitrogens with zero attached hydrogens (tertiary/aromatic N) is 3. The standard InChI is InChI=1S/C17H21ClN4O/c1-2-21-8-3-9-22(11-10-21)17(23)15-12-19-20-16(15)13-4-6-14(18)7-5-13/h4-7,12H,2-3,8-11H2,1H3,(H,19,20). The Morgan fingerprint density at radius 3 is 2.74 bits per heavy atom. The fraction of sp³-hybridized carbons (Fsp3) is 0.412. The second-order valence-corrected chi connectivity index (χ2v) is 6.18. The van der Waals surface area contributed by atoms with Gasteiger partial charge in [-0.15, -0.1) is 0 Å². The molecule has 0 saturated carbocycles. The van der Waals surface area contributed by atoms with Crippen LogP contribution in [0.2, 0.25) is 5.02 Å². The smallest absolute Gasteiger partial charge is 0.257 e. The van der Waals surface area contributed by atoms with Crippen LogP contribution in [0.4, 0.5) is 0 Å². The van der Waals surface area contributed by atoms with Gasteiger partial charge < -0.3 is 9.80 Å². The highest BCUT2D eigenvalue weighted by atomic mass is 35.5. The van der Waals surface area contributed by atoms with Gasteiger partial charge in [-0.05, 0) is 31.6 Å². The first kappa shape index (κ1) is 16.0. The van der Waals surface area contributed by atoms with Crippen molar-refractivity contribution in [3.8, 4) is 11.3 Å². The zero-order chi connectivity index (χ0) is 16.2. The first-order valence-corrected chi connectivity index (χ1v) is 8.37. The van der Waals surface area contributed by atoms with Gasteiger partial charge in [-0.3, -0.25) is 9.89 Å². The minimum Gasteiger partial charge on any atom is -0.337 e. The molecule has 6 heteroatoms. The van der Waals surface area contributed by atoms with E-state index in [1.54, 1.807) is 6.20 Å². The van der Waals surface area contributed by atoms with Crippen molar-refractivity contribution in [1.29, 1.82) is 0 Å². The van der Waals surface area contributed by atoms with E-state index in [0.717, 1.165) is 50.4 Å². The van der Waals surface area contributed by atoms with Gasteiger partial charge in [-0.2, -0.15) is 5.10 Å². The third kappa shape index (κ3) is 3.57. The van der Waals surface area contributed by atoms with E-state index in [1.165, 1.54) is 0 Å². The van der Waals surface area contributed by atoms with Crippen LogP contribution in [0, 0.1) is 0 Å². The molecular weight excluding hydrogens is 312 g/mol. The molecule has 1 aromatic carbocycles. The van der Waals surface area contributed by atoms with Crippen molar-refractivity contribution in [2.24, 2.45) is 0 Å². The predicted octanol–water partition coefficient (Wildman–Crippen LogP) is 2.90.